The van der Waals surface area contributed by atoms with Crippen molar-refractivity contribution in [2.75, 3.05) is 5.32 Å². The number of primary sulfonamides is 1. The van der Waals surface area contributed by atoms with E-state index >= 15 is 0 Å². The van der Waals surface area contributed by atoms with Gasteiger partial charge in [-0.25, -0.2) is 18.5 Å². The van der Waals surface area contributed by atoms with Crippen LogP contribution in [0.5, 0.6) is 0 Å². The second-order valence-electron chi connectivity index (χ2n) is 7.13. The molecule has 9 nitrogen and oxygen atoms in total. The first kappa shape index (κ1) is 21.9. The van der Waals surface area contributed by atoms with Gasteiger partial charge < -0.3 is 11.1 Å². The van der Waals surface area contributed by atoms with Crippen LogP contribution in [0.1, 0.15) is 16.2 Å². The maximum absolute atomic E-state index is 13.1. The topological polar surface area (TPSA) is 157 Å². The molecule has 33 heavy (non-hydrogen) atoms. The molecule has 0 saturated heterocycles. The summed E-state index contributed by atoms with van der Waals surface area (Å²) < 4.78 is 25.7. The SMILES string of the molecule is N=C(N)c1cccc(-n2ccnc2C(=O)Nc2ccccc2-c2ccccc2S(N)(=O)=O)c1. The Kier molecular flexibility index (Phi) is 5.78. The number of benzene rings is 3. The summed E-state index contributed by atoms with van der Waals surface area (Å²) in [6.45, 7) is 0. The lowest BCUT2D eigenvalue weighted by atomic mass is 10.0. The Morgan fingerprint density at radius 2 is 1.67 bits per heavy atom. The Labute approximate surface area is 190 Å². The fraction of sp³-hybridized carbons (Fsp3) is 0. The highest BCUT2D eigenvalue weighted by atomic mass is 32.2. The Morgan fingerprint density at radius 1 is 0.970 bits per heavy atom. The van der Waals surface area contributed by atoms with Crippen LogP contribution in [-0.2, 0) is 10.0 Å². The van der Waals surface area contributed by atoms with Crippen LogP contribution in [0.3, 0.4) is 0 Å². The number of carbonyl (C=O) groups is 1. The van der Waals surface area contributed by atoms with E-state index in [1.807, 2.05) is 0 Å². The number of aromatic nitrogens is 2. The van der Waals surface area contributed by atoms with Gasteiger partial charge in [-0.15, -0.1) is 0 Å². The molecule has 0 fully saturated rings. The number of nitrogens with two attached hydrogens (primary N) is 2. The summed E-state index contributed by atoms with van der Waals surface area (Å²) >= 11 is 0. The van der Waals surface area contributed by atoms with Gasteiger partial charge in [0.2, 0.25) is 15.8 Å². The lowest BCUT2D eigenvalue weighted by Crippen LogP contribution is -2.19. The number of amides is 1. The van der Waals surface area contributed by atoms with E-state index in [2.05, 4.69) is 10.3 Å². The first-order valence-corrected chi connectivity index (χ1v) is 11.3. The fourth-order valence-electron chi connectivity index (χ4n) is 3.45. The van der Waals surface area contributed by atoms with Crippen molar-refractivity contribution in [3.8, 4) is 16.8 Å². The van der Waals surface area contributed by atoms with Crippen molar-refractivity contribution in [3.63, 3.8) is 0 Å². The number of para-hydroxylation sites is 1. The van der Waals surface area contributed by atoms with E-state index in [0.717, 1.165) is 0 Å². The van der Waals surface area contributed by atoms with E-state index in [0.29, 0.717) is 28.1 Å². The number of nitrogens with one attached hydrogen (secondary N) is 2. The minimum atomic E-state index is -3.98. The molecule has 4 rings (SSSR count). The first-order valence-electron chi connectivity index (χ1n) is 9.76. The number of hydrogen-bond donors (Lipinski definition) is 4. The fourth-order valence-corrected chi connectivity index (χ4v) is 4.20. The van der Waals surface area contributed by atoms with Crippen molar-refractivity contribution in [2.24, 2.45) is 10.9 Å². The predicted molar refractivity (Wildman–Crippen MR) is 126 cm³/mol. The molecule has 0 aliphatic rings. The molecule has 0 unspecified atom stereocenters. The molecule has 0 radical (unpaired) electrons. The van der Waals surface area contributed by atoms with Gasteiger partial charge in [-0.1, -0.05) is 48.5 Å². The summed E-state index contributed by atoms with van der Waals surface area (Å²) in [4.78, 5) is 17.3. The molecule has 3 aromatic carbocycles. The number of amidine groups is 1. The van der Waals surface area contributed by atoms with Crippen molar-refractivity contribution in [1.29, 1.82) is 5.41 Å². The van der Waals surface area contributed by atoms with Crippen LogP contribution in [0.2, 0.25) is 0 Å². The van der Waals surface area contributed by atoms with E-state index in [-0.39, 0.29) is 16.6 Å². The summed E-state index contributed by atoms with van der Waals surface area (Å²) in [7, 11) is -3.98. The Hall–Kier alpha value is -4.28. The molecule has 1 aromatic heterocycles. The average molecular weight is 461 g/mol. The zero-order chi connectivity index (χ0) is 23.6. The van der Waals surface area contributed by atoms with Crippen molar-refractivity contribution < 1.29 is 13.2 Å². The number of hydrogen-bond acceptors (Lipinski definition) is 5. The van der Waals surface area contributed by atoms with Crippen LogP contribution < -0.4 is 16.2 Å². The van der Waals surface area contributed by atoms with Gasteiger partial charge in [-0.05, 0) is 24.3 Å². The second kappa shape index (κ2) is 8.69. The highest BCUT2D eigenvalue weighted by Gasteiger charge is 2.20. The van der Waals surface area contributed by atoms with Crippen LogP contribution in [0, 0.1) is 5.41 Å². The number of anilines is 1. The number of rotatable bonds is 6. The van der Waals surface area contributed by atoms with Crippen LogP contribution in [0.15, 0.2) is 90.1 Å². The highest BCUT2D eigenvalue weighted by molar-refractivity contribution is 7.89. The Bertz CT molecular complexity index is 1480. The van der Waals surface area contributed by atoms with Gasteiger partial charge >= 0.3 is 0 Å². The maximum atomic E-state index is 13.1. The number of nitrogen functional groups attached to an aromatic ring is 1. The van der Waals surface area contributed by atoms with Gasteiger partial charge in [0.15, 0.2) is 0 Å². The van der Waals surface area contributed by atoms with Crippen LogP contribution >= 0.6 is 0 Å². The lowest BCUT2D eigenvalue weighted by Gasteiger charge is -2.14. The lowest BCUT2D eigenvalue weighted by molar-refractivity contribution is 0.101. The molecule has 0 saturated carbocycles. The minimum absolute atomic E-state index is 0.0470. The Morgan fingerprint density at radius 3 is 2.39 bits per heavy atom. The van der Waals surface area contributed by atoms with Gasteiger partial charge in [0, 0.05) is 40.5 Å². The van der Waals surface area contributed by atoms with E-state index in [9.17, 15) is 13.2 Å². The van der Waals surface area contributed by atoms with E-state index < -0.39 is 15.9 Å². The summed E-state index contributed by atoms with van der Waals surface area (Å²) in [5.41, 5.74) is 7.95. The third-order valence-electron chi connectivity index (χ3n) is 4.94. The summed E-state index contributed by atoms with van der Waals surface area (Å²) in [6, 6.07) is 20.0. The monoisotopic (exact) mass is 460 g/mol. The molecule has 166 valence electrons. The van der Waals surface area contributed by atoms with Crippen molar-refractivity contribution in [3.05, 3.63) is 96.6 Å². The molecule has 1 amide bonds. The number of sulfonamides is 1. The minimum Gasteiger partial charge on any atom is -0.384 e. The van der Waals surface area contributed by atoms with Crippen LogP contribution in [0.4, 0.5) is 5.69 Å². The molecule has 0 spiro atoms. The zero-order valence-electron chi connectivity index (χ0n) is 17.3. The maximum Gasteiger partial charge on any atom is 0.292 e. The highest BCUT2D eigenvalue weighted by Crippen LogP contribution is 2.32. The van der Waals surface area contributed by atoms with Gasteiger partial charge in [0.05, 0.1) is 4.90 Å². The summed E-state index contributed by atoms with van der Waals surface area (Å²) in [5, 5.41) is 15.8. The van der Waals surface area contributed by atoms with Crippen LogP contribution in [0.25, 0.3) is 16.8 Å². The molecule has 4 aromatic rings. The molecular formula is C23H20N6O3S. The number of imidazole rings is 1. The second-order valence-corrected chi connectivity index (χ2v) is 8.66. The van der Waals surface area contributed by atoms with Crippen molar-refractivity contribution >= 4 is 27.5 Å². The average Bonchev–Trinajstić information content (AvgIpc) is 3.29. The molecule has 1 heterocycles. The molecular weight excluding hydrogens is 440 g/mol. The van der Waals surface area contributed by atoms with E-state index in [1.165, 1.54) is 12.3 Å². The third kappa shape index (κ3) is 4.52. The molecule has 0 atom stereocenters. The van der Waals surface area contributed by atoms with Crippen LogP contribution in [-0.4, -0.2) is 29.7 Å². The molecule has 0 aliphatic carbocycles. The van der Waals surface area contributed by atoms with Gasteiger partial charge in [-0.2, -0.15) is 0 Å². The quantitative estimate of drug-likeness (QED) is 0.257. The molecule has 0 aliphatic heterocycles. The largest absolute Gasteiger partial charge is 0.384 e. The van der Waals surface area contributed by atoms with Crippen molar-refractivity contribution in [2.45, 2.75) is 4.90 Å². The number of nitrogens with zero attached hydrogens (tertiary/aromatic N) is 2. The first-order chi connectivity index (χ1) is 15.8. The normalized spacial score (nSPS) is 11.2. The molecule has 6 N–H and O–H groups in total. The molecule has 0 bridgehead atoms. The summed E-state index contributed by atoms with van der Waals surface area (Å²) in [5.74, 6) is -0.496. The standard InChI is InChI=1S/C23H20N6O3S/c24-21(25)15-6-5-7-16(14-15)29-13-12-27-22(29)23(30)28-19-10-3-1-8-17(19)18-9-2-4-11-20(18)33(26,31)32/h1-14H,(H3,24,25)(H,28,30)(H2,26,31,32). The zero-order valence-corrected chi connectivity index (χ0v) is 18.1. The molecule has 10 heteroatoms. The van der Waals surface area contributed by atoms with Gasteiger partial charge in [0.25, 0.3) is 5.91 Å². The number of carbonyl (C=O) groups excluding carboxylic acids is 1. The van der Waals surface area contributed by atoms with E-state index in [1.54, 1.807) is 77.5 Å². The predicted octanol–water partition coefficient (Wildman–Crippen LogP) is 2.72. The smallest absolute Gasteiger partial charge is 0.292 e. The Balaban J connectivity index is 1.72. The van der Waals surface area contributed by atoms with E-state index in [4.69, 9.17) is 16.3 Å². The van der Waals surface area contributed by atoms with Gasteiger partial charge in [-0.3, -0.25) is 14.8 Å². The van der Waals surface area contributed by atoms with Gasteiger partial charge in [0.1, 0.15) is 5.84 Å². The third-order valence-corrected chi connectivity index (χ3v) is 5.91. The van der Waals surface area contributed by atoms with Crippen molar-refractivity contribution in [1.82, 2.24) is 9.55 Å². The summed E-state index contributed by atoms with van der Waals surface area (Å²) in [6.07, 6.45) is 3.11.